The summed E-state index contributed by atoms with van der Waals surface area (Å²) in [4.78, 5) is 24.0. The number of ether oxygens (including phenoxy) is 3. The van der Waals surface area contributed by atoms with Gasteiger partial charge < -0.3 is 19.3 Å². The Morgan fingerprint density at radius 1 is 1.29 bits per heavy atom. The SMILES string of the molecule is COC(=O)c1cccc(C)c1C=CCc1c(O)c2c(c(C)c1OC)COC2=O. The van der Waals surface area contributed by atoms with Crippen LogP contribution in [0.3, 0.4) is 0 Å². The molecule has 0 bridgehead atoms. The minimum absolute atomic E-state index is 0.123. The standard InChI is InChI=1S/C22H22O6/c1-12-7-5-9-15(21(24)27-4)14(12)8-6-10-16-19(23)18-17(11-28-22(18)25)13(2)20(16)26-3/h5-9,23H,10-11H2,1-4H3. The van der Waals surface area contributed by atoms with Gasteiger partial charge in [0.1, 0.15) is 23.7 Å². The highest BCUT2D eigenvalue weighted by atomic mass is 16.5. The fourth-order valence-electron chi connectivity index (χ4n) is 3.51. The van der Waals surface area contributed by atoms with Crippen molar-refractivity contribution in [3.63, 3.8) is 0 Å². The highest BCUT2D eigenvalue weighted by Crippen LogP contribution is 2.42. The summed E-state index contributed by atoms with van der Waals surface area (Å²) in [5, 5.41) is 10.7. The van der Waals surface area contributed by atoms with Crippen LogP contribution in [0.2, 0.25) is 0 Å². The average molecular weight is 382 g/mol. The van der Waals surface area contributed by atoms with Gasteiger partial charge in [0.25, 0.3) is 0 Å². The van der Waals surface area contributed by atoms with Crippen molar-refractivity contribution < 1.29 is 28.9 Å². The van der Waals surface area contributed by atoms with E-state index in [0.29, 0.717) is 28.9 Å². The number of fused-ring (bicyclic) bond motifs is 1. The third-order valence-electron chi connectivity index (χ3n) is 4.98. The molecular weight excluding hydrogens is 360 g/mol. The molecule has 0 unspecified atom stereocenters. The van der Waals surface area contributed by atoms with Crippen LogP contribution in [0.5, 0.6) is 11.5 Å². The van der Waals surface area contributed by atoms with Gasteiger partial charge in [-0.1, -0.05) is 24.3 Å². The first-order chi connectivity index (χ1) is 13.4. The summed E-state index contributed by atoms with van der Waals surface area (Å²) in [6.45, 7) is 3.87. The van der Waals surface area contributed by atoms with E-state index in [2.05, 4.69) is 0 Å². The van der Waals surface area contributed by atoms with Gasteiger partial charge in [-0.25, -0.2) is 9.59 Å². The number of allylic oxidation sites excluding steroid dienone is 1. The lowest BCUT2D eigenvalue weighted by molar-refractivity contribution is 0.0531. The molecule has 146 valence electrons. The van der Waals surface area contributed by atoms with E-state index in [-0.39, 0.29) is 17.9 Å². The highest BCUT2D eigenvalue weighted by molar-refractivity contribution is 5.98. The third kappa shape index (κ3) is 3.22. The van der Waals surface area contributed by atoms with Crippen molar-refractivity contribution in [2.75, 3.05) is 14.2 Å². The largest absolute Gasteiger partial charge is 0.507 e. The van der Waals surface area contributed by atoms with Crippen molar-refractivity contribution >= 4 is 18.0 Å². The number of aryl methyl sites for hydroxylation is 1. The van der Waals surface area contributed by atoms with E-state index >= 15 is 0 Å². The molecule has 2 aromatic rings. The van der Waals surface area contributed by atoms with E-state index in [1.54, 1.807) is 18.2 Å². The number of esters is 2. The second-order valence-electron chi connectivity index (χ2n) is 6.55. The molecule has 6 heteroatoms. The number of carbonyl (C=O) groups is 2. The number of phenols is 1. The first kappa shape index (κ1) is 19.5. The van der Waals surface area contributed by atoms with Crippen molar-refractivity contribution in [1.29, 1.82) is 0 Å². The third-order valence-corrected chi connectivity index (χ3v) is 4.98. The number of phenolic OH excluding ortho intramolecular Hbond substituents is 1. The van der Waals surface area contributed by atoms with Gasteiger partial charge in [-0.15, -0.1) is 0 Å². The van der Waals surface area contributed by atoms with E-state index < -0.39 is 11.9 Å². The van der Waals surface area contributed by atoms with Crippen molar-refractivity contribution in [3.8, 4) is 11.5 Å². The van der Waals surface area contributed by atoms with Crippen LogP contribution in [0.1, 0.15) is 48.5 Å². The number of rotatable bonds is 5. The van der Waals surface area contributed by atoms with Gasteiger partial charge in [-0.2, -0.15) is 0 Å². The monoisotopic (exact) mass is 382 g/mol. The van der Waals surface area contributed by atoms with Crippen molar-refractivity contribution in [2.45, 2.75) is 26.9 Å². The van der Waals surface area contributed by atoms with Crippen LogP contribution in [0.4, 0.5) is 0 Å². The molecule has 1 heterocycles. The Bertz CT molecular complexity index is 987. The molecule has 28 heavy (non-hydrogen) atoms. The number of aromatic hydroxyl groups is 1. The Balaban J connectivity index is 2.01. The number of hydrogen-bond donors (Lipinski definition) is 1. The second kappa shape index (κ2) is 7.76. The number of benzene rings is 2. The highest BCUT2D eigenvalue weighted by Gasteiger charge is 2.31. The molecule has 0 amide bonds. The van der Waals surface area contributed by atoms with E-state index in [4.69, 9.17) is 14.2 Å². The average Bonchev–Trinajstić information content (AvgIpc) is 3.08. The van der Waals surface area contributed by atoms with Crippen LogP contribution in [0.25, 0.3) is 6.08 Å². The molecule has 0 atom stereocenters. The predicted molar refractivity (Wildman–Crippen MR) is 104 cm³/mol. The minimum atomic E-state index is -0.532. The molecule has 0 saturated carbocycles. The van der Waals surface area contributed by atoms with Crippen LogP contribution in [-0.4, -0.2) is 31.3 Å². The summed E-state index contributed by atoms with van der Waals surface area (Å²) >= 11 is 0. The first-order valence-electron chi connectivity index (χ1n) is 8.83. The Morgan fingerprint density at radius 2 is 2.04 bits per heavy atom. The lowest BCUT2D eigenvalue weighted by Gasteiger charge is -2.15. The summed E-state index contributed by atoms with van der Waals surface area (Å²) in [5.74, 6) is -0.546. The second-order valence-corrected chi connectivity index (χ2v) is 6.55. The summed E-state index contributed by atoms with van der Waals surface area (Å²) in [6, 6.07) is 5.40. The van der Waals surface area contributed by atoms with Gasteiger partial charge in [-0.3, -0.25) is 0 Å². The molecule has 1 aliphatic heterocycles. The van der Waals surface area contributed by atoms with Crippen LogP contribution in [0.15, 0.2) is 24.3 Å². The van der Waals surface area contributed by atoms with Crippen molar-refractivity contribution in [1.82, 2.24) is 0 Å². The van der Waals surface area contributed by atoms with Gasteiger partial charge in [0.15, 0.2) is 0 Å². The molecule has 1 aliphatic rings. The molecule has 0 saturated heterocycles. The minimum Gasteiger partial charge on any atom is -0.507 e. The molecular formula is C22H22O6. The Hall–Kier alpha value is -3.28. The summed E-state index contributed by atoms with van der Waals surface area (Å²) < 4.78 is 15.4. The topological polar surface area (TPSA) is 82.1 Å². The zero-order valence-corrected chi connectivity index (χ0v) is 16.3. The fourth-order valence-corrected chi connectivity index (χ4v) is 3.51. The van der Waals surface area contributed by atoms with Gasteiger partial charge in [0.2, 0.25) is 0 Å². The van der Waals surface area contributed by atoms with E-state index in [1.165, 1.54) is 14.2 Å². The number of hydrogen-bond acceptors (Lipinski definition) is 6. The summed E-state index contributed by atoms with van der Waals surface area (Å²) in [7, 11) is 2.86. The van der Waals surface area contributed by atoms with Crippen molar-refractivity contribution in [3.05, 3.63) is 63.2 Å². The zero-order valence-electron chi connectivity index (χ0n) is 16.3. The maximum absolute atomic E-state index is 12.0. The number of carbonyl (C=O) groups excluding carboxylic acids is 2. The van der Waals surface area contributed by atoms with Gasteiger partial charge in [-0.05, 0) is 43.0 Å². The molecule has 1 N–H and O–H groups in total. The lowest BCUT2D eigenvalue weighted by Crippen LogP contribution is -2.05. The van der Waals surface area contributed by atoms with E-state index in [9.17, 15) is 14.7 Å². The smallest absolute Gasteiger partial charge is 0.342 e. The molecule has 0 radical (unpaired) electrons. The Labute approximate surface area is 163 Å². The summed E-state index contributed by atoms with van der Waals surface area (Å²) in [5.41, 5.74) is 4.25. The van der Waals surface area contributed by atoms with E-state index in [0.717, 1.165) is 16.7 Å². The summed E-state index contributed by atoms with van der Waals surface area (Å²) in [6.07, 6.45) is 3.94. The normalized spacial score (nSPS) is 12.8. The molecule has 0 spiro atoms. The lowest BCUT2D eigenvalue weighted by atomic mass is 9.94. The predicted octanol–water partition coefficient (Wildman–Crippen LogP) is 3.73. The van der Waals surface area contributed by atoms with Gasteiger partial charge in [0.05, 0.1) is 19.8 Å². The number of methoxy groups -OCH3 is 2. The van der Waals surface area contributed by atoms with E-state index in [1.807, 2.05) is 26.0 Å². The van der Waals surface area contributed by atoms with Gasteiger partial charge >= 0.3 is 11.9 Å². The zero-order chi connectivity index (χ0) is 20.4. The molecule has 0 aromatic heterocycles. The van der Waals surface area contributed by atoms with Crippen LogP contribution in [0, 0.1) is 13.8 Å². The Morgan fingerprint density at radius 3 is 2.71 bits per heavy atom. The maximum atomic E-state index is 12.0. The molecule has 2 aromatic carbocycles. The first-order valence-corrected chi connectivity index (χ1v) is 8.83. The Kier molecular flexibility index (Phi) is 5.40. The van der Waals surface area contributed by atoms with Gasteiger partial charge in [0, 0.05) is 11.1 Å². The molecule has 0 fully saturated rings. The molecule has 0 aliphatic carbocycles. The molecule has 6 nitrogen and oxygen atoms in total. The van der Waals surface area contributed by atoms with Crippen LogP contribution < -0.4 is 4.74 Å². The van der Waals surface area contributed by atoms with Crippen molar-refractivity contribution in [2.24, 2.45) is 0 Å². The number of cyclic esters (lactones) is 1. The molecule has 3 rings (SSSR count). The maximum Gasteiger partial charge on any atom is 0.342 e. The quantitative estimate of drug-likeness (QED) is 0.794. The van der Waals surface area contributed by atoms with Crippen LogP contribution in [-0.2, 0) is 22.5 Å². The van der Waals surface area contributed by atoms with Crippen LogP contribution >= 0.6 is 0 Å². The fraction of sp³-hybridized carbons (Fsp3) is 0.273.